The number of rotatable bonds is 4. The number of carbonyl (C=O) groups excluding carboxylic acids is 1. The van der Waals surface area contributed by atoms with E-state index in [1.165, 1.54) is 5.56 Å². The van der Waals surface area contributed by atoms with Gasteiger partial charge in [0.2, 0.25) is 5.91 Å². The third-order valence-corrected chi connectivity index (χ3v) is 5.02. The minimum atomic E-state index is 0.216. The van der Waals surface area contributed by atoms with Gasteiger partial charge in [-0.15, -0.1) is 0 Å². The predicted molar refractivity (Wildman–Crippen MR) is 105 cm³/mol. The Morgan fingerprint density at radius 3 is 2.54 bits per heavy atom. The summed E-state index contributed by atoms with van der Waals surface area (Å²) >= 11 is 0. The van der Waals surface area contributed by atoms with Crippen LogP contribution in [0.25, 0.3) is 22.2 Å². The number of aromatic nitrogens is 1. The van der Waals surface area contributed by atoms with Crippen molar-refractivity contribution in [2.24, 2.45) is 0 Å². The molecule has 2 heterocycles. The lowest BCUT2D eigenvalue weighted by atomic mass is 10.0. The predicted octanol–water partition coefficient (Wildman–Crippen LogP) is 3.57. The highest BCUT2D eigenvalue weighted by Crippen LogP contribution is 2.27. The maximum atomic E-state index is 12.3. The Morgan fingerprint density at radius 2 is 1.77 bits per heavy atom. The van der Waals surface area contributed by atoms with Crippen molar-refractivity contribution < 1.29 is 4.79 Å². The minimum absolute atomic E-state index is 0.216. The van der Waals surface area contributed by atoms with Crippen LogP contribution < -0.4 is 0 Å². The number of pyridine rings is 1. The Kier molecular flexibility index (Phi) is 4.67. The summed E-state index contributed by atoms with van der Waals surface area (Å²) in [5, 5.41) is 1.14. The quantitative estimate of drug-likeness (QED) is 0.725. The van der Waals surface area contributed by atoms with Gasteiger partial charge in [-0.1, -0.05) is 48.5 Å². The van der Waals surface area contributed by atoms with E-state index in [0.29, 0.717) is 6.54 Å². The van der Waals surface area contributed by atoms with Gasteiger partial charge in [0.15, 0.2) is 0 Å². The first kappa shape index (κ1) is 16.7. The zero-order chi connectivity index (χ0) is 17.9. The lowest BCUT2D eigenvalue weighted by molar-refractivity contribution is -0.135. The number of para-hydroxylation sites is 1. The van der Waals surface area contributed by atoms with E-state index in [-0.39, 0.29) is 5.91 Å². The minimum Gasteiger partial charge on any atom is -0.341 e. The van der Waals surface area contributed by atoms with Gasteiger partial charge in [-0.3, -0.25) is 9.69 Å². The van der Waals surface area contributed by atoms with E-state index in [1.807, 2.05) is 42.2 Å². The second-order valence-corrected chi connectivity index (χ2v) is 6.74. The molecule has 4 heteroatoms. The molecule has 1 amide bonds. The first-order chi connectivity index (χ1) is 12.7. The molecule has 0 unspecified atom stereocenters. The van der Waals surface area contributed by atoms with Crippen molar-refractivity contribution in [2.75, 3.05) is 26.2 Å². The molecule has 2 aromatic carbocycles. The standard InChI is InChI=1S/C22H23N3O/c1-2-25-13-12-24(16-21(25)26)15-19-14-18-10-6-7-11-20(18)23-22(19)17-8-4-3-5-9-17/h3-11,14H,2,12-13,15-16H2,1H3. The van der Waals surface area contributed by atoms with Crippen molar-refractivity contribution in [1.82, 2.24) is 14.8 Å². The third kappa shape index (κ3) is 3.33. The molecule has 1 aromatic heterocycles. The van der Waals surface area contributed by atoms with Crippen LogP contribution in [0.3, 0.4) is 0 Å². The van der Waals surface area contributed by atoms with Crippen LogP contribution in [-0.4, -0.2) is 46.9 Å². The van der Waals surface area contributed by atoms with Crippen LogP contribution >= 0.6 is 0 Å². The molecule has 0 saturated carbocycles. The van der Waals surface area contributed by atoms with Crippen LogP contribution in [0, 0.1) is 0 Å². The largest absolute Gasteiger partial charge is 0.341 e. The summed E-state index contributed by atoms with van der Waals surface area (Å²) in [5.41, 5.74) is 4.30. The number of benzene rings is 2. The van der Waals surface area contributed by atoms with Crippen molar-refractivity contribution in [3.8, 4) is 11.3 Å². The van der Waals surface area contributed by atoms with Gasteiger partial charge in [-0.05, 0) is 24.6 Å². The molecule has 1 aliphatic heterocycles. The zero-order valence-corrected chi connectivity index (χ0v) is 15.1. The molecule has 0 bridgehead atoms. The number of fused-ring (bicyclic) bond motifs is 1. The molecule has 4 rings (SSSR count). The second-order valence-electron chi connectivity index (χ2n) is 6.74. The van der Waals surface area contributed by atoms with Crippen molar-refractivity contribution in [3.63, 3.8) is 0 Å². The molecule has 0 atom stereocenters. The van der Waals surface area contributed by atoms with Crippen molar-refractivity contribution in [1.29, 1.82) is 0 Å². The summed E-state index contributed by atoms with van der Waals surface area (Å²) in [5.74, 6) is 0.216. The summed E-state index contributed by atoms with van der Waals surface area (Å²) in [4.78, 5) is 21.4. The Bertz CT molecular complexity index is 923. The summed E-state index contributed by atoms with van der Waals surface area (Å²) in [6.07, 6.45) is 0. The molecule has 132 valence electrons. The van der Waals surface area contributed by atoms with Gasteiger partial charge >= 0.3 is 0 Å². The average Bonchev–Trinajstić information content (AvgIpc) is 2.68. The lowest BCUT2D eigenvalue weighted by Crippen LogP contribution is -2.49. The third-order valence-electron chi connectivity index (χ3n) is 5.02. The maximum Gasteiger partial charge on any atom is 0.236 e. The lowest BCUT2D eigenvalue weighted by Gasteiger charge is -2.34. The van der Waals surface area contributed by atoms with E-state index >= 15 is 0 Å². The van der Waals surface area contributed by atoms with E-state index < -0.39 is 0 Å². The summed E-state index contributed by atoms with van der Waals surface area (Å²) in [6.45, 7) is 5.76. The van der Waals surface area contributed by atoms with Crippen LogP contribution in [0.2, 0.25) is 0 Å². The van der Waals surface area contributed by atoms with Crippen molar-refractivity contribution in [2.45, 2.75) is 13.5 Å². The highest BCUT2D eigenvalue weighted by molar-refractivity contribution is 5.83. The summed E-state index contributed by atoms with van der Waals surface area (Å²) in [7, 11) is 0. The van der Waals surface area contributed by atoms with E-state index in [9.17, 15) is 4.79 Å². The molecule has 0 radical (unpaired) electrons. The van der Waals surface area contributed by atoms with Crippen molar-refractivity contribution >= 4 is 16.8 Å². The SMILES string of the molecule is CCN1CCN(Cc2cc3ccccc3nc2-c2ccccc2)CC1=O. The average molecular weight is 345 g/mol. The fraction of sp³-hybridized carbons (Fsp3) is 0.273. The van der Waals surface area contributed by atoms with Gasteiger partial charge in [0.1, 0.15) is 0 Å². The first-order valence-corrected chi connectivity index (χ1v) is 9.19. The number of piperazine rings is 1. The molecular weight excluding hydrogens is 322 g/mol. The van der Waals surface area contributed by atoms with Gasteiger partial charge in [0, 0.05) is 37.1 Å². The molecule has 4 nitrogen and oxygen atoms in total. The van der Waals surface area contributed by atoms with Gasteiger partial charge in [0.05, 0.1) is 17.8 Å². The fourth-order valence-electron chi connectivity index (χ4n) is 3.59. The second kappa shape index (κ2) is 7.26. The fourth-order valence-corrected chi connectivity index (χ4v) is 3.59. The van der Waals surface area contributed by atoms with E-state index in [0.717, 1.165) is 48.3 Å². The monoisotopic (exact) mass is 345 g/mol. The molecule has 0 N–H and O–H groups in total. The smallest absolute Gasteiger partial charge is 0.236 e. The topological polar surface area (TPSA) is 36.4 Å². The van der Waals surface area contributed by atoms with Gasteiger partial charge in [-0.2, -0.15) is 0 Å². The Balaban J connectivity index is 1.70. The van der Waals surface area contributed by atoms with Gasteiger partial charge in [0.25, 0.3) is 0 Å². The number of amides is 1. The normalized spacial score (nSPS) is 15.6. The van der Waals surface area contributed by atoms with E-state index in [2.05, 4.69) is 35.2 Å². The molecule has 3 aromatic rings. The molecule has 0 spiro atoms. The molecule has 1 saturated heterocycles. The molecule has 1 fully saturated rings. The van der Waals surface area contributed by atoms with Crippen LogP contribution in [0.1, 0.15) is 12.5 Å². The van der Waals surface area contributed by atoms with Crippen LogP contribution in [0.5, 0.6) is 0 Å². The van der Waals surface area contributed by atoms with Gasteiger partial charge in [-0.25, -0.2) is 4.98 Å². The number of carbonyl (C=O) groups is 1. The zero-order valence-electron chi connectivity index (χ0n) is 15.1. The van der Waals surface area contributed by atoms with Crippen LogP contribution in [0.15, 0.2) is 60.7 Å². The summed E-state index contributed by atoms with van der Waals surface area (Å²) < 4.78 is 0. The number of hydrogen-bond donors (Lipinski definition) is 0. The van der Waals surface area contributed by atoms with Crippen LogP contribution in [0.4, 0.5) is 0 Å². The van der Waals surface area contributed by atoms with Gasteiger partial charge < -0.3 is 4.90 Å². The van der Waals surface area contributed by atoms with E-state index in [1.54, 1.807) is 0 Å². The van der Waals surface area contributed by atoms with Crippen molar-refractivity contribution in [3.05, 3.63) is 66.2 Å². The molecule has 26 heavy (non-hydrogen) atoms. The number of nitrogens with zero attached hydrogens (tertiary/aromatic N) is 3. The Morgan fingerprint density at radius 1 is 1.00 bits per heavy atom. The highest BCUT2D eigenvalue weighted by Gasteiger charge is 2.23. The van der Waals surface area contributed by atoms with Crippen LogP contribution in [-0.2, 0) is 11.3 Å². The Labute approximate surface area is 154 Å². The number of likely N-dealkylation sites (N-methyl/N-ethyl adjacent to an activating group) is 1. The Hall–Kier alpha value is -2.72. The molecule has 0 aliphatic carbocycles. The molecule has 1 aliphatic rings. The number of hydrogen-bond acceptors (Lipinski definition) is 3. The highest BCUT2D eigenvalue weighted by atomic mass is 16.2. The molecular formula is C22H23N3O. The van der Waals surface area contributed by atoms with E-state index in [4.69, 9.17) is 4.98 Å². The maximum absolute atomic E-state index is 12.3. The summed E-state index contributed by atoms with van der Waals surface area (Å²) in [6, 6.07) is 20.7. The first-order valence-electron chi connectivity index (χ1n) is 9.19.